The first-order chi connectivity index (χ1) is 12.6. The van der Waals surface area contributed by atoms with Gasteiger partial charge in [-0.1, -0.05) is 45.0 Å². The van der Waals surface area contributed by atoms with Crippen molar-refractivity contribution in [2.24, 2.45) is 0 Å². The number of carbonyl (C=O) groups excluding carboxylic acids is 1. The van der Waals surface area contributed by atoms with E-state index in [9.17, 15) is 4.79 Å². The number of H-pyrrole nitrogens is 1. The van der Waals surface area contributed by atoms with Crippen LogP contribution in [0.4, 0.5) is 0 Å². The van der Waals surface area contributed by atoms with Crippen LogP contribution in [0.3, 0.4) is 0 Å². The molecule has 0 aliphatic heterocycles. The zero-order valence-corrected chi connectivity index (χ0v) is 16.7. The number of hydrogen-bond acceptors (Lipinski definition) is 4. The van der Waals surface area contributed by atoms with Gasteiger partial charge in [-0.25, -0.2) is 0 Å². The van der Waals surface area contributed by atoms with E-state index in [1.165, 1.54) is 5.56 Å². The predicted molar refractivity (Wildman–Crippen MR) is 106 cm³/mol. The average Bonchev–Trinajstić information content (AvgIpc) is 2.99. The lowest BCUT2D eigenvalue weighted by molar-refractivity contribution is -0.121. The van der Waals surface area contributed by atoms with Crippen molar-refractivity contribution >= 4 is 18.1 Å². The van der Waals surface area contributed by atoms with E-state index >= 15 is 0 Å². The minimum atomic E-state index is -0.0629. The molecule has 1 aromatic heterocycles. The molecule has 0 radical (unpaired) electrons. The van der Waals surface area contributed by atoms with Crippen molar-refractivity contribution in [1.29, 1.82) is 0 Å². The van der Waals surface area contributed by atoms with E-state index in [-0.39, 0.29) is 12.5 Å². The minimum Gasteiger partial charge on any atom is -0.350 e. The molecule has 0 saturated heterocycles. The third-order valence-electron chi connectivity index (χ3n) is 4.43. The summed E-state index contributed by atoms with van der Waals surface area (Å²) in [5, 5.41) is 9.91. The normalized spacial score (nSPS) is 11.1. The Labute approximate surface area is 160 Å². The molecule has 7 heteroatoms. The molecule has 6 nitrogen and oxygen atoms in total. The second-order valence-electron chi connectivity index (χ2n) is 6.34. The zero-order chi connectivity index (χ0) is 18.9. The van der Waals surface area contributed by atoms with Gasteiger partial charge in [0.05, 0.1) is 0 Å². The Balaban J connectivity index is 1.87. The van der Waals surface area contributed by atoms with E-state index in [0.29, 0.717) is 11.3 Å². The second kappa shape index (κ2) is 10.2. The molecule has 0 fully saturated rings. The van der Waals surface area contributed by atoms with Crippen molar-refractivity contribution in [3.8, 4) is 0 Å². The monoisotopic (exact) mass is 375 g/mol. The molecule has 2 rings (SSSR count). The Morgan fingerprint density at radius 1 is 1.19 bits per heavy atom. The fourth-order valence-electron chi connectivity index (χ4n) is 2.80. The molecular weight excluding hydrogens is 346 g/mol. The third-order valence-corrected chi connectivity index (χ3v) is 4.74. The van der Waals surface area contributed by atoms with Crippen LogP contribution in [0.1, 0.15) is 44.1 Å². The quantitative estimate of drug-likeness (QED) is 0.627. The number of aryl methyl sites for hydroxylation is 1. The molecular formula is C19H29N5OS. The lowest BCUT2D eigenvalue weighted by Crippen LogP contribution is -2.28. The van der Waals surface area contributed by atoms with Gasteiger partial charge in [0.2, 0.25) is 5.91 Å². The Morgan fingerprint density at radius 3 is 2.46 bits per heavy atom. The van der Waals surface area contributed by atoms with E-state index < -0.39 is 0 Å². The fraction of sp³-hybridized carbons (Fsp3) is 0.526. The SMILES string of the molecule is CCCc1n[nH]c(=S)n1CC(=O)NCc1ccc(CN(CC)CC)cc1. The van der Waals surface area contributed by atoms with Gasteiger partial charge in [0, 0.05) is 19.5 Å². The highest BCUT2D eigenvalue weighted by atomic mass is 32.1. The standard InChI is InChI=1S/C19H29N5OS/c1-4-7-17-21-22-19(26)24(17)14-18(25)20-12-15-8-10-16(11-9-15)13-23(5-2)6-3/h8-11H,4-7,12-14H2,1-3H3,(H,20,25)(H,22,26). The van der Waals surface area contributed by atoms with E-state index in [1.54, 1.807) is 4.57 Å². The van der Waals surface area contributed by atoms with Crippen molar-refractivity contribution in [3.05, 3.63) is 46.0 Å². The van der Waals surface area contributed by atoms with Crippen LogP contribution >= 0.6 is 12.2 Å². The summed E-state index contributed by atoms with van der Waals surface area (Å²) in [5.41, 5.74) is 2.38. The van der Waals surface area contributed by atoms with Gasteiger partial charge >= 0.3 is 0 Å². The molecule has 1 amide bonds. The van der Waals surface area contributed by atoms with Crippen molar-refractivity contribution in [2.75, 3.05) is 13.1 Å². The average molecular weight is 376 g/mol. The van der Waals surface area contributed by atoms with E-state index in [0.717, 1.165) is 43.9 Å². The molecule has 2 N–H and O–H groups in total. The first kappa shape index (κ1) is 20.3. The Morgan fingerprint density at radius 2 is 1.85 bits per heavy atom. The summed E-state index contributed by atoms with van der Waals surface area (Å²) in [6, 6.07) is 8.41. The number of aromatic amines is 1. The first-order valence-corrected chi connectivity index (χ1v) is 9.69. The summed E-state index contributed by atoms with van der Waals surface area (Å²) in [6.45, 7) is 10.2. The Bertz CT molecular complexity index is 746. The summed E-state index contributed by atoms with van der Waals surface area (Å²) in [5.74, 6) is 0.764. The van der Waals surface area contributed by atoms with Crippen LogP contribution in [0, 0.1) is 4.77 Å². The lowest BCUT2D eigenvalue weighted by Gasteiger charge is -2.18. The molecule has 1 aromatic carbocycles. The maximum Gasteiger partial charge on any atom is 0.240 e. The van der Waals surface area contributed by atoms with Crippen molar-refractivity contribution in [1.82, 2.24) is 25.0 Å². The molecule has 1 heterocycles. The van der Waals surface area contributed by atoms with Crippen LogP contribution in [-0.4, -0.2) is 38.7 Å². The predicted octanol–water partition coefficient (Wildman–Crippen LogP) is 3.05. The van der Waals surface area contributed by atoms with Gasteiger partial charge in [-0.05, 0) is 42.9 Å². The van der Waals surface area contributed by atoms with Gasteiger partial charge in [0.15, 0.2) is 4.77 Å². The maximum atomic E-state index is 12.3. The van der Waals surface area contributed by atoms with Gasteiger partial charge in [-0.15, -0.1) is 0 Å². The van der Waals surface area contributed by atoms with Gasteiger partial charge in [-0.2, -0.15) is 5.10 Å². The topological polar surface area (TPSA) is 66.0 Å². The second-order valence-corrected chi connectivity index (χ2v) is 6.72. The summed E-state index contributed by atoms with van der Waals surface area (Å²) >= 11 is 5.21. The van der Waals surface area contributed by atoms with Crippen molar-refractivity contribution in [3.63, 3.8) is 0 Å². The number of amides is 1. The number of benzene rings is 1. The molecule has 0 spiro atoms. The molecule has 0 unspecified atom stereocenters. The van der Waals surface area contributed by atoms with Gasteiger partial charge < -0.3 is 5.32 Å². The highest BCUT2D eigenvalue weighted by Gasteiger charge is 2.10. The smallest absolute Gasteiger partial charge is 0.240 e. The van der Waals surface area contributed by atoms with Crippen LogP contribution in [0.15, 0.2) is 24.3 Å². The number of aromatic nitrogens is 3. The largest absolute Gasteiger partial charge is 0.350 e. The van der Waals surface area contributed by atoms with Crippen LogP contribution < -0.4 is 5.32 Å². The number of nitrogens with one attached hydrogen (secondary N) is 2. The highest BCUT2D eigenvalue weighted by molar-refractivity contribution is 7.71. The van der Waals surface area contributed by atoms with E-state index in [4.69, 9.17) is 12.2 Å². The molecule has 0 atom stereocenters. The van der Waals surface area contributed by atoms with Crippen LogP contribution in [0.2, 0.25) is 0 Å². The summed E-state index contributed by atoms with van der Waals surface area (Å²) < 4.78 is 2.26. The maximum absolute atomic E-state index is 12.3. The molecule has 26 heavy (non-hydrogen) atoms. The van der Waals surface area contributed by atoms with E-state index in [2.05, 4.69) is 65.5 Å². The number of rotatable bonds is 10. The van der Waals surface area contributed by atoms with Gasteiger partial charge in [0.25, 0.3) is 0 Å². The lowest BCUT2D eigenvalue weighted by atomic mass is 10.1. The molecule has 0 saturated carbocycles. The third kappa shape index (κ3) is 5.78. The number of carbonyl (C=O) groups is 1. The fourth-order valence-corrected chi connectivity index (χ4v) is 3.01. The summed E-state index contributed by atoms with van der Waals surface area (Å²) in [4.78, 5) is 14.6. The first-order valence-electron chi connectivity index (χ1n) is 9.28. The van der Waals surface area contributed by atoms with Crippen molar-refractivity contribution < 1.29 is 4.79 Å². The number of hydrogen-bond donors (Lipinski definition) is 2. The number of nitrogens with zero attached hydrogens (tertiary/aromatic N) is 3. The van der Waals surface area contributed by atoms with Gasteiger partial charge in [0.1, 0.15) is 12.4 Å². The van der Waals surface area contributed by atoms with Crippen molar-refractivity contribution in [2.45, 2.75) is 53.2 Å². The molecule has 2 aromatic rings. The van der Waals surface area contributed by atoms with E-state index in [1.807, 2.05) is 0 Å². The van der Waals surface area contributed by atoms with Crippen LogP contribution in [-0.2, 0) is 30.8 Å². The minimum absolute atomic E-state index is 0.0629. The van der Waals surface area contributed by atoms with Crippen LogP contribution in [0.5, 0.6) is 0 Å². The summed E-state index contributed by atoms with van der Waals surface area (Å²) in [7, 11) is 0. The molecule has 0 bridgehead atoms. The molecule has 142 valence electrons. The van der Waals surface area contributed by atoms with Crippen LogP contribution in [0.25, 0.3) is 0 Å². The zero-order valence-electron chi connectivity index (χ0n) is 15.9. The summed E-state index contributed by atoms with van der Waals surface area (Å²) in [6.07, 6.45) is 1.76. The molecule has 0 aliphatic rings. The Hall–Kier alpha value is -1.99. The highest BCUT2D eigenvalue weighted by Crippen LogP contribution is 2.08. The molecule has 0 aliphatic carbocycles. The van der Waals surface area contributed by atoms with Gasteiger partial charge in [-0.3, -0.25) is 19.4 Å². The Kier molecular flexibility index (Phi) is 8.00.